The minimum atomic E-state index is 0.353. The Kier molecular flexibility index (Phi) is 7.17. The predicted octanol–water partition coefficient (Wildman–Crippen LogP) is 2.75. The molecule has 0 aliphatic carbocycles. The lowest BCUT2D eigenvalue weighted by atomic mass is 10.2. The van der Waals surface area contributed by atoms with Gasteiger partial charge in [-0.15, -0.1) is 0 Å². The molecule has 0 heterocycles. The van der Waals surface area contributed by atoms with Gasteiger partial charge in [0.15, 0.2) is 0 Å². The molecule has 0 rings (SSSR count). The Labute approximate surface area is 75.1 Å². The van der Waals surface area contributed by atoms with Crippen LogP contribution in [0.25, 0.3) is 0 Å². The van der Waals surface area contributed by atoms with Crippen LogP contribution in [-0.2, 0) is 4.74 Å². The molecule has 1 heteroatoms. The highest BCUT2D eigenvalue weighted by Crippen LogP contribution is 1.93. The zero-order valence-corrected chi connectivity index (χ0v) is 8.00. The lowest BCUT2D eigenvalue weighted by molar-refractivity contribution is 0.337. The van der Waals surface area contributed by atoms with Crippen molar-refractivity contribution in [3.8, 4) is 11.8 Å². The fourth-order valence-corrected chi connectivity index (χ4v) is 0.760. The molecule has 1 unspecified atom stereocenters. The van der Waals surface area contributed by atoms with Crippen LogP contribution in [0.4, 0.5) is 0 Å². The molecule has 0 aromatic heterocycles. The molecule has 66 valence electrons. The highest BCUT2D eigenvalue weighted by Gasteiger charge is 1.84. The van der Waals surface area contributed by atoms with Crippen molar-refractivity contribution in [2.75, 3.05) is 7.11 Å². The SMILES string of the molecule is C/C=C\C(C)C#CC/C=C/OC. The van der Waals surface area contributed by atoms with Crippen LogP contribution in [0.15, 0.2) is 24.5 Å². The number of methoxy groups -OCH3 is 1. The first-order valence-electron chi connectivity index (χ1n) is 4.10. The van der Waals surface area contributed by atoms with Gasteiger partial charge in [-0.2, -0.15) is 0 Å². The summed E-state index contributed by atoms with van der Waals surface area (Å²) in [6, 6.07) is 0. The van der Waals surface area contributed by atoms with Gasteiger partial charge in [-0.3, -0.25) is 0 Å². The standard InChI is InChI=1S/C11H16O/c1-4-8-11(2)9-6-5-7-10-12-3/h4,7-8,10-11H,5H2,1-3H3/b8-4-,10-7+. The Morgan fingerprint density at radius 3 is 2.83 bits per heavy atom. The molecule has 0 aromatic rings. The first kappa shape index (κ1) is 10.8. The molecular formula is C11H16O. The normalized spacial score (nSPS) is 12.9. The van der Waals surface area contributed by atoms with Crippen molar-refractivity contribution >= 4 is 0 Å². The van der Waals surface area contributed by atoms with Crippen molar-refractivity contribution in [3.63, 3.8) is 0 Å². The lowest BCUT2D eigenvalue weighted by Crippen LogP contribution is -1.80. The van der Waals surface area contributed by atoms with Gasteiger partial charge in [0.1, 0.15) is 0 Å². The second-order valence-electron chi connectivity index (χ2n) is 2.45. The summed E-state index contributed by atoms with van der Waals surface area (Å²) in [7, 11) is 1.63. The van der Waals surface area contributed by atoms with Crippen LogP contribution < -0.4 is 0 Å². The third-order valence-corrected chi connectivity index (χ3v) is 1.26. The Bertz CT molecular complexity index is 203. The van der Waals surface area contributed by atoms with Crippen molar-refractivity contribution in [1.29, 1.82) is 0 Å². The average Bonchev–Trinajstić information content (AvgIpc) is 2.05. The van der Waals surface area contributed by atoms with E-state index in [9.17, 15) is 0 Å². The summed E-state index contributed by atoms with van der Waals surface area (Å²) < 4.78 is 4.73. The second-order valence-corrected chi connectivity index (χ2v) is 2.45. The Hall–Kier alpha value is -1.16. The molecule has 0 spiro atoms. The fourth-order valence-electron chi connectivity index (χ4n) is 0.760. The van der Waals surface area contributed by atoms with Gasteiger partial charge in [0.25, 0.3) is 0 Å². The van der Waals surface area contributed by atoms with Crippen LogP contribution in [0.2, 0.25) is 0 Å². The predicted molar refractivity (Wildman–Crippen MR) is 52.5 cm³/mol. The molecule has 0 saturated carbocycles. The maximum atomic E-state index is 4.73. The molecule has 1 atom stereocenters. The Morgan fingerprint density at radius 2 is 2.25 bits per heavy atom. The molecule has 0 N–H and O–H groups in total. The van der Waals surface area contributed by atoms with E-state index in [4.69, 9.17) is 4.74 Å². The van der Waals surface area contributed by atoms with Crippen molar-refractivity contribution < 1.29 is 4.74 Å². The zero-order chi connectivity index (χ0) is 9.23. The lowest BCUT2D eigenvalue weighted by Gasteiger charge is -1.90. The molecule has 0 aliphatic heterocycles. The minimum Gasteiger partial charge on any atom is -0.505 e. The molecule has 0 radical (unpaired) electrons. The van der Waals surface area contributed by atoms with E-state index in [0.29, 0.717) is 5.92 Å². The van der Waals surface area contributed by atoms with Crippen LogP contribution in [0.5, 0.6) is 0 Å². The monoisotopic (exact) mass is 164 g/mol. The fraction of sp³-hybridized carbons (Fsp3) is 0.455. The molecule has 0 aliphatic rings. The van der Waals surface area contributed by atoms with Gasteiger partial charge in [0, 0.05) is 12.3 Å². The number of rotatable bonds is 3. The third-order valence-electron chi connectivity index (χ3n) is 1.26. The maximum Gasteiger partial charge on any atom is 0.0794 e. The van der Waals surface area contributed by atoms with E-state index in [1.165, 1.54) is 0 Å². The summed E-state index contributed by atoms with van der Waals surface area (Å²) in [6.07, 6.45) is 8.40. The van der Waals surface area contributed by atoms with Crippen molar-refractivity contribution in [3.05, 3.63) is 24.5 Å². The van der Waals surface area contributed by atoms with Gasteiger partial charge in [0.05, 0.1) is 13.4 Å². The van der Waals surface area contributed by atoms with Gasteiger partial charge in [-0.25, -0.2) is 0 Å². The molecule has 0 saturated heterocycles. The van der Waals surface area contributed by atoms with Crippen LogP contribution in [-0.4, -0.2) is 7.11 Å². The highest BCUT2D eigenvalue weighted by molar-refractivity contribution is 5.11. The molecule has 12 heavy (non-hydrogen) atoms. The first-order chi connectivity index (χ1) is 5.81. The topological polar surface area (TPSA) is 9.23 Å². The van der Waals surface area contributed by atoms with Crippen molar-refractivity contribution in [1.82, 2.24) is 0 Å². The Balaban J connectivity index is 3.65. The molecule has 1 nitrogen and oxygen atoms in total. The number of ether oxygens (including phenoxy) is 1. The van der Waals surface area contributed by atoms with Gasteiger partial charge < -0.3 is 4.74 Å². The van der Waals surface area contributed by atoms with Gasteiger partial charge in [-0.05, 0) is 19.9 Å². The number of hydrogen-bond acceptors (Lipinski definition) is 1. The Morgan fingerprint density at radius 1 is 1.50 bits per heavy atom. The second kappa shape index (κ2) is 7.94. The van der Waals surface area contributed by atoms with Gasteiger partial charge >= 0.3 is 0 Å². The smallest absolute Gasteiger partial charge is 0.0794 e. The highest BCUT2D eigenvalue weighted by atomic mass is 16.5. The molecular weight excluding hydrogens is 148 g/mol. The summed E-state index contributed by atoms with van der Waals surface area (Å²) in [5.74, 6) is 6.49. The van der Waals surface area contributed by atoms with Crippen molar-refractivity contribution in [2.24, 2.45) is 5.92 Å². The largest absolute Gasteiger partial charge is 0.505 e. The van der Waals surface area contributed by atoms with E-state index in [0.717, 1.165) is 6.42 Å². The third kappa shape index (κ3) is 6.95. The van der Waals surface area contributed by atoms with Crippen molar-refractivity contribution in [2.45, 2.75) is 20.3 Å². The minimum absolute atomic E-state index is 0.353. The van der Waals surface area contributed by atoms with E-state index in [-0.39, 0.29) is 0 Å². The van der Waals surface area contributed by atoms with E-state index in [2.05, 4.69) is 24.8 Å². The summed E-state index contributed by atoms with van der Waals surface area (Å²) in [6.45, 7) is 4.08. The van der Waals surface area contributed by atoms with Gasteiger partial charge in [0.2, 0.25) is 0 Å². The van der Waals surface area contributed by atoms with E-state index >= 15 is 0 Å². The van der Waals surface area contributed by atoms with E-state index < -0.39 is 0 Å². The molecule has 0 aromatic carbocycles. The maximum absolute atomic E-state index is 4.73. The first-order valence-corrected chi connectivity index (χ1v) is 4.10. The van der Waals surface area contributed by atoms with Crippen LogP contribution in [0.1, 0.15) is 20.3 Å². The zero-order valence-electron chi connectivity index (χ0n) is 8.00. The number of hydrogen-bond donors (Lipinski definition) is 0. The number of allylic oxidation sites excluding steroid dienone is 3. The summed E-state index contributed by atoms with van der Waals surface area (Å²) >= 11 is 0. The van der Waals surface area contributed by atoms with Crippen LogP contribution in [0.3, 0.4) is 0 Å². The molecule has 0 fully saturated rings. The molecule has 0 bridgehead atoms. The summed E-state index contributed by atoms with van der Waals surface area (Å²) in [4.78, 5) is 0. The summed E-state index contributed by atoms with van der Waals surface area (Å²) in [5.41, 5.74) is 0. The molecule has 0 amide bonds. The van der Waals surface area contributed by atoms with E-state index in [1.54, 1.807) is 13.4 Å². The van der Waals surface area contributed by atoms with Gasteiger partial charge in [-0.1, -0.05) is 24.0 Å². The quantitative estimate of drug-likeness (QED) is 0.354. The summed E-state index contributed by atoms with van der Waals surface area (Å²) in [5, 5.41) is 0. The van der Waals surface area contributed by atoms with Crippen LogP contribution in [0, 0.1) is 17.8 Å². The van der Waals surface area contributed by atoms with E-state index in [1.807, 2.05) is 19.1 Å². The average molecular weight is 164 g/mol. The van der Waals surface area contributed by atoms with Crippen LogP contribution >= 0.6 is 0 Å².